The van der Waals surface area contributed by atoms with Gasteiger partial charge in [-0.3, -0.25) is 4.79 Å². The van der Waals surface area contributed by atoms with Crippen molar-refractivity contribution in [2.45, 2.75) is 6.92 Å². The molecule has 0 spiro atoms. The zero-order valence-electron chi connectivity index (χ0n) is 18.5. The Hall–Kier alpha value is -3.20. The number of fused-ring (bicyclic) bond motifs is 1. The number of carbonyl (C=O) groups is 1. The Balaban J connectivity index is 1.44. The maximum absolute atomic E-state index is 12.6. The molecule has 0 bridgehead atoms. The number of amides is 1. The quantitative estimate of drug-likeness (QED) is 0.691. The first kappa shape index (κ1) is 22.0. The van der Waals surface area contributed by atoms with Crippen molar-refractivity contribution in [3.63, 3.8) is 0 Å². The van der Waals surface area contributed by atoms with E-state index in [1.165, 1.54) is 5.57 Å². The van der Waals surface area contributed by atoms with Gasteiger partial charge in [-0.25, -0.2) is 4.98 Å². The van der Waals surface area contributed by atoms with Gasteiger partial charge in [0.05, 0.1) is 19.7 Å². The molecule has 8 nitrogen and oxygen atoms in total. The number of methoxy groups -OCH3 is 2. The Morgan fingerprint density at radius 2 is 1.81 bits per heavy atom. The predicted molar refractivity (Wildman–Crippen MR) is 129 cm³/mol. The number of nitrogen functional groups attached to an aromatic ring is 1. The Labute approximate surface area is 191 Å². The van der Waals surface area contributed by atoms with Crippen LogP contribution in [-0.2, 0) is 4.79 Å². The van der Waals surface area contributed by atoms with Crippen LogP contribution in [0.4, 0.5) is 11.8 Å². The number of hydrogen-bond donors (Lipinski definition) is 1. The first-order valence-electron chi connectivity index (χ1n) is 10.4. The van der Waals surface area contributed by atoms with Crippen LogP contribution in [0.1, 0.15) is 6.92 Å². The molecule has 0 aliphatic carbocycles. The molecule has 2 aromatic rings. The average molecular weight is 454 g/mol. The smallest absolute Gasteiger partial charge is 0.246 e. The maximum atomic E-state index is 12.6. The van der Waals surface area contributed by atoms with Gasteiger partial charge in [-0.15, -0.1) is 11.8 Å². The summed E-state index contributed by atoms with van der Waals surface area (Å²) in [5.74, 6) is 3.09. The molecule has 0 radical (unpaired) electrons. The van der Waals surface area contributed by atoms with Crippen molar-refractivity contribution in [1.82, 2.24) is 14.9 Å². The number of allylic oxidation sites excluding steroid dienone is 3. The Kier molecular flexibility index (Phi) is 6.55. The Morgan fingerprint density at radius 3 is 2.47 bits per heavy atom. The zero-order chi connectivity index (χ0) is 22.7. The molecular formula is C23H27N5O3S. The van der Waals surface area contributed by atoms with E-state index in [4.69, 9.17) is 15.2 Å². The fourth-order valence-corrected chi connectivity index (χ4v) is 4.43. The summed E-state index contributed by atoms with van der Waals surface area (Å²) < 4.78 is 10.7. The molecule has 32 heavy (non-hydrogen) atoms. The van der Waals surface area contributed by atoms with Crippen molar-refractivity contribution >= 4 is 40.3 Å². The van der Waals surface area contributed by atoms with Gasteiger partial charge in [0.15, 0.2) is 11.5 Å². The number of carbonyl (C=O) groups excluding carboxylic acids is 1. The monoisotopic (exact) mass is 453 g/mol. The maximum Gasteiger partial charge on any atom is 0.246 e. The summed E-state index contributed by atoms with van der Waals surface area (Å²) in [5.41, 5.74) is 8.24. The number of piperazine rings is 1. The summed E-state index contributed by atoms with van der Waals surface area (Å²) in [5, 5.41) is 0.713. The van der Waals surface area contributed by atoms with Crippen LogP contribution in [0.15, 0.2) is 46.9 Å². The minimum absolute atomic E-state index is 0.0215. The van der Waals surface area contributed by atoms with Crippen molar-refractivity contribution < 1.29 is 14.3 Å². The molecule has 2 N–H and O–H groups in total. The summed E-state index contributed by atoms with van der Waals surface area (Å²) in [6.45, 7) is 4.58. The number of anilines is 2. The molecule has 9 heteroatoms. The van der Waals surface area contributed by atoms with E-state index in [9.17, 15) is 4.79 Å². The first-order chi connectivity index (χ1) is 15.5. The van der Waals surface area contributed by atoms with Crippen LogP contribution in [0.2, 0.25) is 0 Å². The fourth-order valence-electron chi connectivity index (χ4n) is 3.62. The Bertz CT molecular complexity index is 1120. The molecule has 1 saturated heterocycles. The lowest BCUT2D eigenvalue weighted by Gasteiger charge is -2.34. The number of thioether (sulfide) groups is 1. The zero-order valence-corrected chi connectivity index (χ0v) is 19.3. The van der Waals surface area contributed by atoms with E-state index in [1.54, 1.807) is 44.2 Å². The van der Waals surface area contributed by atoms with E-state index in [2.05, 4.69) is 29.0 Å². The third-order valence-corrected chi connectivity index (χ3v) is 6.69. The van der Waals surface area contributed by atoms with Crippen molar-refractivity contribution in [2.24, 2.45) is 0 Å². The molecule has 1 aromatic heterocycles. The van der Waals surface area contributed by atoms with E-state index in [0.717, 1.165) is 10.7 Å². The minimum atomic E-state index is 0.0215. The van der Waals surface area contributed by atoms with E-state index in [1.807, 2.05) is 15.9 Å². The van der Waals surface area contributed by atoms with Gasteiger partial charge in [0.2, 0.25) is 11.9 Å². The lowest BCUT2D eigenvalue weighted by Crippen LogP contribution is -2.48. The molecule has 3 heterocycles. The predicted octanol–water partition coefficient (Wildman–Crippen LogP) is 3.01. The molecular weight excluding hydrogens is 426 g/mol. The van der Waals surface area contributed by atoms with Crippen molar-refractivity contribution in [1.29, 1.82) is 0 Å². The molecule has 1 amide bonds. The van der Waals surface area contributed by atoms with Crippen molar-refractivity contribution in [3.05, 3.63) is 46.9 Å². The summed E-state index contributed by atoms with van der Waals surface area (Å²) in [4.78, 5) is 26.8. The van der Waals surface area contributed by atoms with Gasteiger partial charge >= 0.3 is 0 Å². The molecule has 0 atom stereocenters. The number of nitrogens with zero attached hydrogens (tertiary/aromatic N) is 4. The number of benzene rings is 1. The average Bonchev–Trinajstić information content (AvgIpc) is 2.82. The second kappa shape index (κ2) is 9.52. The van der Waals surface area contributed by atoms with Crippen LogP contribution in [0, 0.1) is 0 Å². The highest BCUT2D eigenvalue weighted by Gasteiger charge is 2.23. The summed E-state index contributed by atoms with van der Waals surface area (Å²) >= 11 is 1.75. The minimum Gasteiger partial charge on any atom is -0.493 e. The lowest BCUT2D eigenvalue weighted by molar-refractivity contribution is -0.126. The molecule has 0 saturated carbocycles. The van der Waals surface area contributed by atoms with Gasteiger partial charge in [-0.05, 0) is 25.1 Å². The van der Waals surface area contributed by atoms with E-state index >= 15 is 0 Å². The van der Waals surface area contributed by atoms with E-state index in [0.29, 0.717) is 60.3 Å². The second-order valence-corrected chi connectivity index (χ2v) is 8.70. The normalized spacial score (nSPS) is 16.8. The number of ether oxygens (including phenoxy) is 2. The van der Waals surface area contributed by atoms with Gasteiger partial charge < -0.3 is 25.0 Å². The van der Waals surface area contributed by atoms with Gasteiger partial charge in [0.25, 0.3) is 0 Å². The van der Waals surface area contributed by atoms with E-state index in [-0.39, 0.29) is 5.91 Å². The van der Waals surface area contributed by atoms with Crippen LogP contribution >= 0.6 is 11.8 Å². The third-order valence-electron chi connectivity index (χ3n) is 5.48. The molecule has 2 aliphatic heterocycles. The van der Waals surface area contributed by atoms with E-state index < -0.39 is 0 Å². The molecule has 0 unspecified atom stereocenters. The Morgan fingerprint density at radius 1 is 1.09 bits per heavy atom. The van der Waals surface area contributed by atoms with Gasteiger partial charge in [0, 0.05) is 54.4 Å². The lowest BCUT2D eigenvalue weighted by atomic mass is 10.2. The van der Waals surface area contributed by atoms with Crippen LogP contribution in [0.25, 0.3) is 10.9 Å². The highest BCUT2D eigenvalue weighted by molar-refractivity contribution is 8.03. The largest absolute Gasteiger partial charge is 0.493 e. The number of nitrogens with two attached hydrogens (primary N) is 1. The topological polar surface area (TPSA) is 93.8 Å². The molecule has 2 aliphatic rings. The summed E-state index contributed by atoms with van der Waals surface area (Å²) in [6.07, 6.45) is 7.71. The summed E-state index contributed by atoms with van der Waals surface area (Å²) in [7, 11) is 3.16. The SMILES string of the molecule is COc1cc2nc(N3CCN(C(=O)C=CC4=CC=C(C)CS4)CC3)nc(N)c2cc1OC. The molecule has 168 valence electrons. The van der Waals surface area contributed by atoms with Crippen LogP contribution < -0.4 is 20.1 Å². The number of hydrogen-bond acceptors (Lipinski definition) is 8. The molecule has 1 fully saturated rings. The molecule has 1 aromatic carbocycles. The summed E-state index contributed by atoms with van der Waals surface area (Å²) in [6, 6.07) is 3.59. The standard InChI is InChI=1S/C23H27N5O3S/c1-15-4-5-16(32-14-15)6-7-21(29)27-8-10-28(11-9-27)23-25-18-13-20(31-3)19(30-2)12-17(18)22(24)26-23/h4-7,12-13H,8-11,14H2,1-3H3,(H2,24,25,26). The third kappa shape index (κ3) is 4.67. The number of rotatable bonds is 5. The van der Waals surface area contributed by atoms with Gasteiger partial charge in [-0.2, -0.15) is 4.98 Å². The highest BCUT2D eigenvalue weighted by atomic mass is 32.2. The van der Waals surface area contributed by atoms with Crippen LogP contribution in [0.3, 0.4) is 0 Å². The van der Waals surface area contributed by atoms with Gasteiger partial charge in [-0.1, -0.05) is 11.6 Å². The van der Waals surface area contributed by atoms with Crippen molar-refractivity contribution in [3.8, 4) is 11.5 Å². The van der Waals surface area contributed by atoms with Crippen LogP contribution in [0.5, 0.6) is 11.5 Å². The fraction of sp³-hybridized carbons (Fsp3) is 0.348. The van der Waals surface area contributed by atoms with Crippen molar-refractivity contribution in [2.75, 3.05) is 56.8 Å². The van der Waals surface area contributed by atoms with Crippen LogP contribution in [-0.4, -0.2) is 66.9 Å². The van der Waals surface area contributed by atoms with Gasteiger partial charge in [0.1, 0.15) is 5.82 Å². The highest BCUT2D eigenvalue weighted by Crippen LogP contribution is 2.34. The molecule has 4 rings (SSSR count). The number of aromatic nitrogens is 2. The first-order valence-corrected chi connectivity index (χ1v) is 11.4. The second-order valence-electron chi connectivity index (χ2n) is 7.65.